The predicted molar refractivity (Wildman–Crippen MR) is 145 cm³/mol. The van der Waals surface area contributed by atoms with Gasteiger partial charge in [0.25, 0.3) is 0 Å². The number of esters is 1. The summed E-state index contributed by atoms with van der Waals surface area (Å²) >= 11 is 6.22. The summed E-state index contributed by atoms with van der Waals surface area (Å²) in [6, 6.07) is 26.3. The average molecular weight is 502 g/mol. The smallest absolute Gasteiger partial charge is 0.331 e. The van der Waals surface area contributed by atoms with Crippen molar-refractivity contribution in [3.63, 3.8) is 0 Å². The van der Waals surface area contributed by atoms with Crippen LogP contribution >= 0.6 is 11.6 Å². The monoisotopic (exact) mass is 501 g/mol. The van der Waals surface area contributed by atoms with Crippen LogP contribution in [0.1, 0.15) is 54.7 Å². The molecule has 3 aromatic rings. The molecule has 1 spiro atoms. The normalized spacial score (nSPS) is 23.6. The number of rotatable bonds is 7. The largest absolute Gasteiger partial charge is 0.467 e. The quantitative estimate of drug-likeness (QED) is 0.352. The lowest BCUT2D eigenvalue weighted by atomic mass is 9.61. The average Bonchev–Trinajstić information content (AvgIpc) is 3.21. The summed E-state index contributed by atoms with van der Waals surface area (Å²) < 4.78 is 5.30. The number of allylic oxidation sites excluding steroid dienone is 1. The van der Waals surface area contributed by atoms with E-state index < -0.39 is 5.54 Å². The van der Waals surface area contributed by atoms with Crippen LogP contribution in [-0.4, -0.2) is 30.3 Å². The SMILES string of the molecule is COC(=O)C1(Nc2cccc(Cl)c2)CCC2(CC1)C(CC(CO)c1ccccc1)=Cc1ccccc12. The standard InChI is InChI=1S/C31H32ClNO3/c1-36-29(35)31(33-27-12-7-11-26(32)20-27)16-14-30(15-17-31)25(18-23-10-5-6-13-28(23)30)19-24(21-34)22-8-3-2-4-9-22/h2-13,18,20,24,33-34H,14-17,19,21H2,1H3. The van der Waals surface area contributed by atoms with Crippen LogP contribution in [0.25, 0.3) is 6.08 Å². The Kier molecular flexibility index (Phi) is 6.92. The number of ether oxygens (including phenoxy) is 1. The number of anilines is 1. The van der Waals surface area contributed by atoms with Crippen molar-refractivity contribution in [2.45, 2.75) is 49.0 Å². The Balaban J connectivity index is 1.47. The fourth-order valence-corrected chi connectivity index (χ4v) is 6.39. The second-order valence-corrected chi connectivity index (χ2v) is 10.5. The summed E-state index contributed by atoms with van der Waals surface area (Å²) in [4.78, 5) is 13.2. The Morgan fingerprint density at radius 1 is 1.00 bits per heavy atom. The molecule has 0 amide bonds. The van der Waals surface area contributed by atoms with Crippen LogP contribution in [0.15, 0.2) is 84.4 Å². The highest BCUT2D eigenvalue weighted by molar-refractivity contribution is 6.30. The number of carbonyl (C=O) groups excluding carboxylic acids is 1. The lowest BCUT2D eigenvalue weighted by molar-refractivity contribution is -0.147. The van der Waals surface area contributed by atoms with Crippen LogP contribution < -0.4 is 5.32 Å². The molecule has 0 radical (unpaired) electrons. The molecule has 3 aromatic carbocycles. The van der Waals surface area contributed by atoms with Gasteiger partial charge in [-0.1, -0.05) is 83.9 Å². The minimum atomic E-state index is -0.816. The van der Waals surface area contributed by atoms with Crippen molar-refractivity contribution in [3.05, 3.63) is 106 Å². The van der Waals surface area contributed by atoms with E-state index in [0.29, 0.717) is 17.9 Å². The number of carbonyl (C=O) groups is 1. The highest BCUT2D eigenvalue weighted by Crippen LogP contribution is 2.55. The number of halogens is 1. The molecule has 5 heteroatoms. The highest BCUT2D eigenvalue weighted by Gasteiger charge is 2.52. The van der Waals surface area contributed by atoms with Crippen LogP contribution in [0.2, 0.25) is 5.02 Å². The molecule has 0 saturated heterocycles. The van der Waals surface area contributed by atoms with Gasteiger partial charge in [-0.05, 0) is 67.0 Å². The van der Waals surface area contributed by atoms with Gasteiger partial charge in [0.2, 0.25) is 0 Å². The molecule has 1 fully saturated rings. The van der Waals surface area contributed by atoms with Crippen molar-refractivity contribution in [1.82, 2.24) is 0 Å². The Hall–Kier alpha value is -3.08. The molecule has 0 aliphatic heterocycles. The molecule has 2 aliphatic carbocycles. The van der Waals surface area contributed by atoms with Crippen molar-refractivity contribution < 1.29 is 14.6 Å². The molecule has 186 valence electrons. The molecule has 0 heterocycles. The van der Waals surface area contributed by atoms with Crippen molar-refractivity contribution in [2.24, 2.45) is 0 Å². The van der Waals surface area contributed by atoms with Crippen molar-refractivity contribution in [3.8, 4) is 0 Å². The van der Waals surface area contributed by atoms with Gasteiger partial charge in [0, 0.05) is 22.0 Å². The van der Waals surface area contributed by atoms with Gasteiger partial charge in [-0.3, -0.25) is 0 Å². The van der Waals surface area contributed by atoms with E-state index in [-0.39, 0.29) is 23.9 Å². The highest BCUT2D eigenvalue weighted by atomic mass is 35.5. The predicted octanol–water partition coefficient (Wildman–Crippen LogP) is 6.74. The fraction of sp³-hybridized carbons (Fsp3) is 0.323. The summed E-state index contributed by atoms with van der Waals surface area (Å²) in [7, 11) is 1.45. The Bertz CT molecular complexity index is 1260. The number of hydrogen-bond acceptors (Lipinski definition) is 4. The molecule has 2 N–H and O–H groups in total. The van der Waals surface area contributed by atoms with E-state index in [9.17, 15) is 9.90 Å². The van der Waals surface area contributed by atoms with E-state index in [1.807, 2.05) is 42.5 Å². The van der Waals surface area contributed by atoms with E-state index in [4.69, 9.17) is 16.3 Å². The lowest BCUT2D eigenvalue weighted by Crippen LogP contribution is -2.52. The second-order valence-electron chi connectivity index (χ2n) is 10.0. The molecule has 1 saturated carbocycles. The zero-order valence-corrected chi connectivity index (χ0v) is 21.3. The Morgan fingerprint density at radius 3 is 2.42 bits per heavy atom. The third kappa shape index (κ3) is 4.44. The summed E-state index contributed by atoms with van der Waals surface area (Å²) in [6.45, 7) is 0.0935. The van der Waals surface area contributed by atoms with E-state index in [1.165, 1.54) is 23.8 Å². The first-order valence-electron chi connectivity index (χ1n) is 12.6. The third-order valence-corrected chi connectivity index (χ3v) is 8.36. The topological polar surface area (TPSA) is 58.6 Å². The van der Waals surface area contributed by atoms with Crippen LogP contribution in [0.3, 0.4) is 0 Å². The van der Waals surface area contributed by atoms with Crippen molar-refractivity contribution in [1.29, 1.82) is 0 Å². The molecule has 4 nitrogen and oxygen atoms in total. The third-order valence-electron chi connectivity index (χ3n) is 8.12. The van der Waals surface area contributed by atoms with E-state index in [0.717, 1.165) is 30.5 Å². The molecule has 1 unspecified atom stereocenters. The van der Waals surface area contributed by atoms with Gasteiger partial charge in [-0.25, -0.2) is 4.79 Å². The van der Waals surface area contributed by atoms with Gasteiger partial charge in [-0.15, -0.1) is 0 Å². The minimum absolute atomic E-state index is 0.0283. The summed E-state index contributed by atoms with van der Waals surface area (Å²) in [5.74, 6) is -0.216. The van der Waals surface area contributed by atoms with Gasteiger partial charge in [-0.2, -0.15) is 0 Å². The number of fused-ring (bicyclic) bond motifs is 2. The molecule has 0 aromatic heterocycles. The zero-order valence-electron chi connectivity index (χ0n) is 20.5. The number of aliphatic hydroxyl groups excluding tert-OH is 1. The maximum Gasteiger partial charge on any atom is 0.331 e. The second kappa shape index (κ2) is 10.1. The molecular weight excluding hydrogens is 470 g/mol. The number of hydrogen-bond donors (Lipinski definition) is 2. The van der Waals surface area contributed by atoms with Gasteiger partial charge in [0.05, 0.1) is 13.7 Å². The van der Waals surface area contributed by atoms with Crippen LogP contribution in [-0.2, 0) is 14.9 Å². The van der Waals surface area contributed by atoms with E-state index in [1.54, 1.807) is 0 Å². The first kappa shape index (κ1) is 24.6. The summed E-state index contributed by atoms with van der Waals surface area (Å²) in [6.07, 6.45) is 5.98. The molecule has 2 aliphatic rings. The number of benzene rings is 3. The Morgan fingerprint density at radius 2 is 1.72 bits per heavy atom. The first-order valence-corrected chi connectivity index (χ1v) is 13.0. The molecule has 36 heavy (non-hydrogen) atoms. The first-order chi connectivity index (χ1) is 17.5. The molecule has 0 bridgehead atoms. The summed E-state index contributed by atoms with van der Waals surface area (Å²) in [5, 5.41) is 14.4. The van der Waals surface area contributed by atoms with Crippen molar-refractivity contribution >= 4 is 29.3 Å². The maximum atomic E-state index is 13.2. The fourth-order valence-electron chi connectivity index (χ4n) is 6.20. The van der Waals surface area contributed by atoms with Crippen molar-refractivity contribution in [2.75, 3.05) is 19.0 Å². The minimum Gasteiger partial charge on any atom is -0.467 e. The van der Waals surface area contributed by atoms with Crippen LogP contribution in [0.5, 0.6) is 0 Å². The summed E-state index contributed by atoms with van der Waals surface area (Å²) in [5.41, 5.74) is 4.89. The van der Waals surface area contributed by atoms with Crippen LogP contribution in [0, 0.1) is 0 Å². The van der Waals surface area contributed by atoms with Gasteiger partial charge < -0.3 is 15.2 Å². The van der Waals surface area contributed by atoms with Crippen LogP contribution in [0.4, 0.5) is 5.69 Å². The maximum absolute atomic E-state index is 13.2. The number of nitrogens with one attached hydrogen (secondary N) is 1. The van der Waals surface area contributed by atoms with E-state index in [2.05, 4.69) is 47.8 Å². The molecular formula is C31H32ClNO3. The Labute approximate surface area is 218 Å². The molecule has 1 atom stereocenters. The lowest BCUT2D eigenvalue weighted by Gasteiger charge is -2.46. The number of aliphatic hydroxyl groups is 1. The van der Waals surface area contributed by atoms with Gasteiger partial charge in [0.1, 0.15) is 5.54 Å². The van der Waals surface area contributed by atoms with Gasteiger partial charge >= 0.3 is 5.97 Å². The van der Waals surface area contributed by atoms with Gasteiger partial charge in [0.15, 0.2) is 0 Å². The molecule has 5 rings (SSSR count). The number of methoxy groups -OCH3 is 1. The van der Waals surface area contributed by atoms with E-state index >= 15 is 0 Å². The zero-order chi connectivity index (χ0) is 25.2.